The number of rotatable bonds is 2. The summed E-state index contributed by atoms with van der Waals surface area (Å²) in [6.07, 6.45) is 1.02. The lowest BCUT2D eigenvalue weighted by molar-refractivity contribution is -0.159. The van der Waals surface area contributed by atoms with Gasteiger partial charge in [0.2, 0.25) is 0 Å². The number of carboxylic acid groups (broad SMARTS) is 3. The highest BCUT2D eigenvalue weighted by Crippen LogP contribution is 1.82. The predicted molar refractivity (Wildman–Crippen MR) is 37.8 cm³/mol. The molecule has 70 valence electrons. The van der Waals surface area contributed by atoms with Crippen molar-refractivity contribution in [2.75, 3.05) is 0 Å². The van der Waals surface area contributed by atoms with Crippen LogP contribution >= 0.6 is 0 Å². The van der Waals surface area contributed by atoms with E-state index in [1.807, 2.05) is 6.92 Å². The van der Waals surface area contributed by atoms with Gasteiger partial charge in [-0.05, 0) is 6.42 Å². The highest BCUT2D eigenvalue weighted by molar-refractivity contribution is 6.27. The van der Waals surface area contributed by atoms with E-state index in [0.29, 0.717) is 6.42 Å². The van der Waals surface area contributed by atoms with Crippen LogP contribution in [0.4, 0.5) is 0 Å². The van der Waals surface area contributed by atoms with Crippen LogP contribution in [-0.2, 0) is 14.4 Å². The summed E-state index contributed by atoms with van der Waals surface area (Å²) < 4.78 is 0. The molecule has 0 bridgehead atoms. The third kappa shape index (κ3) is 15.8. The van der Waals surface area contributed by atoms with Crippen LogP contribution in [-0.4, -0.2) is 33.2 Å². The summed E-state index contributed by atoms with van der Waals surface area (Å²) in [5.41, 5.74) is 0. The van der Waals surface area contributed by atoms with E-state index in [9.17, 15) is 4.79 Å². The zero-order chi connectivity index (χ0) is 10.1. The SMILES string of the molecule is CCCC(=O)O.O=C(O)C(=O)O. The van der Waals surface area contributed by atoms with Gasteiger partial charge in [0, 0.05) is 6.42 Å². The molecule has 0 aliphatic heterocycles. The molecule has 6 heteroatoms. The van der Waals surface area contributed by atoms with Crippen molar-refractivity contribution in [3.8, 4) is 0 Å². The Kier molecular flexibility index (Phi) is 8.16. The Morgan fingerprint density at radius 1 is 1.00 bits per heavy atom. The predicted octanol–water partition coefficient (Wildman–Crippen LogP) is 0.0267. The summed E-state index contributed by atoms with van der Waals surface area (Å²) in [6, 6.07) is 0. The van der Waals surface area contributed by atoms with E-state index in [1.165, 1.54) is 0 Å². The monoisotopic (exact) mass is 178 g/mol. The van der Waals surface area contributed by atoms with Crippen molar-refractivity contribution in [3.05, 3.63) is 0 Å². The lowest BCUT2D eigenvalue weighted by atomic mass is 10.4. The van der Waals surface area contributed by atoms with Gasteiger partial charge in [0.1, 0.15) is 0 Å². The Balaban J connectivity index is 0. The van der Waals surface area contributed by atoms with Crippen LogP contribution in [0, 0.1) is 0 Å². The van der Waals surface area contributed by atoms with Crippen molar-refractivity contribution in [2.24, 2.45) is 0 Å². The fourth-order valence-corrected chi connectivity index (χ4v) is 0.214. The maximum Gasteiger partial charge on any atom is 0.414 e. The standard InChI is InChI=1S/C4H8O2.C2H2O4/c1-2-3-4(5)6;3-1(4)2(5)6/h2-3H2,1H3,(H,5,6);(H,3,4)(H,5,6). The Morgan fingerprint density at radius 2 is 1.33 bits per heavy atom. The second-order valence-corrected chi connectivity index (χ2v) is 1.75. The quantitative estimate of drug-likeness (QED) is 0.514. The molecule has 0 unspecified atom stereocenters. The highest BCUT2D eigenvalue weighted by atomic mass is 16.4. The minimum absolute atomic E-state index is 0.292. The van der Waals surface area contributed by atoms with Crippen LogP contribution in [0.15, 0.2) is 0 Å². The maximum atomic E-state index is 9.60. The number of hydrogen-bond acceptors (Lipinski definition) is 3. The van der Waals surface area contributed by atoms with Gasteiger partial charge in [-0.2, -0.15) is 0 Å². The molecule has 0 aromatic rings. The van der Waals surface area contributed by atoms with Gasteiger partial charge >= 0.3 is 17.9 Å². The normalized spacial score (nSPS) is 7.75. The van der Waals surface area contributed by atoms with E-state index >= 15 is 0 Å². The Labute approximate surface area is 68.4 Å². The molecule has 0 spiro atoms. The minimum Gasteiger partial charge on any atom is -0.481 e. The lowest BCUT2D eigenvalue weighted by Crippen LogP contribution is -2.09. The van der Waals surface area contributed by atoms with Crippen LogP contribution < -0.4 is 0 Å². The largest absolute Gasteiger partial charge is 0.481 e. The fraction of sp³-hybridized carbons (Fsp3) is 0.500. The van der Waals surface area contributed by atoms with Gasteiger partial charge < -0.3 is 15.3 Å². The molecule has 0 fully saturated rings. The second-order valence-electron chi connectivity index (χ2n) is 1.75. The van der Waals surface area contributed by atoms with Crippen LogP contribution in [0.1, 0.15) is 19.8 Å². The van der Waals surface area contributed by atoms with E-state index in [0.717, 1.165) is 6.42 Å². The van der Waals surface area contributed by atoms with Gasteiger partial charge in [-0.1, -0.05) is 6.92 Å². The molecule has 3 N–H and O–H groups in total. The van der Waals surface area contributed by atoms with Crippen molar-refractivity contribution in [1.82, 2.24) is 0 Å². The van der Waals surface area contributed by atoms with Crippen molar-refractivity contribution in [3.63, 3.8) is 0 Å². The van der Waals surface area contributed by atoms with Gasteiger partial charge in [0.05, 0.1) is 0 Å². The number of aliphatic carboxylic acids is 3. The molecular formula is C6H10O6. The third-order valence-electron chi connectivity index (χ3n) is 0.647. The van der Waals surface area contributed by atoms with Crippen molar-refractivity contribution >= 4 is 17.9 Å². The molecule has 0 heterocycles. The number of carbonyl (C=O) groups is 3. The first-order valence-corrected chi connectivity index (χ1v) is 3.09. The van der Waals surface area contributed by atoms with Crippen LogP contribution in [0.2, 0.25) is 0 Å². The molecular weight excluding hydrogens is 168 g/mol. The smallest absolute Gasteiger partial charge is 0.414 e. The Morgan fingerprint density at radius 3 is 1.33 bits per heavy atom. The van der Waals surface area contributed by atoms with Crippen LogP contribution in [0.25, 0.3) is 0 Å². The summed E-state index contributed by atoms with van der Waals surface area (Å²) in [7, 11) is 0. The van der Waals surface area contributed by atoms with Crippen molar-refractivity contribution < 1.29 is 29.7 Å². The molecule has 6 nitrogen and oxygen atoms in total. The number of carboxylic acids is 3. The van der Waals surface area contributed by atoms with Gasteiger partial charge in [0.15, 0.2) is 0 Å². The summed E-state index contributed by atoms with van der Waals surface area (Å²) in [6.45, 7) is 1.84. The molecule has 0 saturated heterocycles. The molecule has 0 rings (SSSR count). The summed E-state index contributed by atoms with van der Waals surface area (Å²) in [5, 5.41) is 22.7. The highest BCUT2D eigenvalue weighted by Gasteiger charge is 2.04. The number of hydrogen-bond donors (Lipinski definition) is 3. The minimum atomic E-state index is -1.82. The van der Waals surface area contributed by atoms with Gasteiger partial charge in [-0.15, -0.1) is 0 Å². The third-order valence-corrected chi connectivity index (χ3v) is 0.647. The zero-order valence-corrected chi connectivity index (χ0v) is 6.48. The Hall–Kier alpha value is -1.59. The summed E-state index contributed by atoms with van der Waals surface area (Å²) in [4.78, 5) is 27.8. The maximum absolute atomic E-state index is 9.60. The second kappa shape index (κ2) is 7.52. The van der Waals surface area contributed by atoms with E-state index in [-0.39, 0.29) is 0 Å². The van der Waals surface area contributed by atoms with E-state index in [4.69, 9.17) is 24.9 Å². The van der Waals surface area contributed by atoms with Crippen molar-refractivity contribution in [2.45, 2.75) is 19.8 Å². The zero-order valence-electron chi connectivity index (χ0n) is 6.48. The van der Waals surface area contributed by atoms with Crippen LogP contribution in [0.3, 0.4) is 0 Å². The molecule has 0 aromatic carbocycles. The average Bonchev–Trinajstić information content (AvgIpc) is 1.87. The van der Waals surface area contributed by atoms with E-state index in [1.54, 1.807) is 0 Å². The first-order chi connectivity index (χ1) is 5.41. The summed E-state index contributed by atoms with van der Waals surface area (Å²) >= 11 is 0. The lowest BCUT2D eigenvalue weighted by Gasteiger charge is -1.79. The van der Waals surface area contributed by atoms with Crippen molar-refractivity contribution in [1.29, 1.82) is 0 Å². The van der Waals surface area contributed by atoms with E-state index < -0.39 is 17.9 Å². The molecule has 0 saturated carbocycles. The fourth-order valence-electron chi connectivity index (χ4n) is 0.214. The first-order valence-electron chi connectivity index (χ1n) is 3.09. The van der Waals surface area contributed by atoms with Gasteiger partial charge in [-0.3, -0.25) is 4.79 Å². The molecule has 0 amide bonds. The molecule has 0 atom stereocenters. The average molecular weight is 178 g/mol. The molecule has 12 heavy (non-hydrogen) atoms. The Bertz CT molecular complexity index is 161. The summed E-state index contributed by atoms with van der Waals surface area (Å²) in [5.74, 6) is -4.36. The van der Waals surface area contributed by atoms with E-state index in [2.05, 4.69) is 0 Å². The van der Waals surface area contributed by atoms with Crippen LogP contribution in [0.5, 0.6) is 0 Å². The molecule has 0 aromatic heterocycles. The molecule has 0 aliphatic rings. The van der Waals surface area contributed by atoms with Gasteiger partial charge in [-0.25, -0.2) is 9.59 Å². The molecule has 0 aliphatic carbocycles. The molecule has 0 radical (unpaired) electrons. The topological polar surface area (TPSA) is 112 Å². The first kappa shape index (κ1) is 13.0. The van der Waals surface area contributed by atoms with Gasteiger partial charge in [0.25, 0.3) is 0 Å².